The van der Waals surface area contributed by atoms with Crippen molar-refractivity contribution in [2.75, 3.05) is 5.32 Å². The van der Waals surface area contributed by atoms with Crippen LogP contribution in [0.25, 0.3) is 6.08 Å². The molecule has 0 amide bonds. The molecule has 0 heterocycles. The highest BCUT2D eigenvalue weighted by atomic mass is 32.1. The summed E-state index contributed by atoms with van der Waals surface area (Å²) in [5, 5.41) is 21.5. The zero-order valence-electron chi connectivity index (χ0n) is 10.4. The molecule has 0 atom stereocenters. The Morgan fingerprint density at radius 2 is 1.75 bits per heavy atom. The van der Waals surface area contributed by atoms with Crippen LogP contribution in [-0.2, 0) is 0 Å². The van der Waals surface area contributed by atoms with E-state index in [2.05, 4.69) is 5.32 Å². The van der Waals surface area contributed by atoms with Crippen molar-refractivity contribution in [3.63, 3.8) is 0 Å². The Hall–Kier alpha value is -2.40. The van der Waals surface area contributed by atoms with Crippen molar-refractivity contribution in [1.82, 2.24) is 0 Å². The lowest BCUT2D eigenvalue weighted by Gasteiger charge is -2.04. The van der Waals surface area contributed by atoms with Crippen molar-refractivity contribution in [3.05, 3.63) is 59.9 Å². The molecule has 0 saturated carbocycles. The lowest BCUT2D eigenvalue weighted by molar-refractivity contribution is 0.403. The van der Waals surface area contributed by atoms with Crippen LogP contribution in [0.3, 0.4) is 0 Å². The van der Waals surface area contributed by atoms with Gasteiger partial charge in [-0.15, -0.1) is 0 Å². The summed E-state index contributed by atoms with van der Waals surface area (Å²) in [5.41, 5.74) is 1.39. The van der Waals surface area contributed by atoms with Gasteiger partial charge in [-0.1, -0.05) is 24.4 Å². The van der Waals surface area contributed by atoms with Gasteiger partial charge in [0.15, 0.2) is 11.5 Å². The fourth-order valence-electron chi connectivity index (χ4n) is 1.53. The molecule has 0 aliphatic carbocycles. The lowest BCUT2D eigenvalue weighted by Crippen LogP contribution is -2.04. The Morgan fingerprint density at radius 1 is 1.05 bits per heavy atom. The molecule has 0 radical (unpaired) electrons. The summed E-state index contributed by atoms with van der Waals surface area (Å²) < 4.78 is 12.7. The van der Waals surface area contributed by atoms with E-state index in [4.69, 9.17) is 12.2 Å². The van der Waals surface area contributed by atoms with Gasteiger partial charge in [-0.05, 0) is 48.0 Å². The second-order valence-corrected chi connectivity index (χ2v) is 4.52. The number of hydrogen-bond donors (Lipinski definition) is 3. The summed E-state index contributed by atoms with van der Waals surface area (Å²) in [4.78, 5) is 0.448. The third-order valence-electron chi connectivity index (χ3n) is 2.54. The number of thiocarbonyl (C=S) groups is 1. The van der Waals surface area contributed by atoms with E-state index in [1.807, 2.05) is 0 Å². The monoisotopic (exact) mass is 289 g/mol. The summed E-state index contributed by atoms with van der Waals surface area (Å²) in [5.74, 6) is -0.671. The number of rotatable bonds is 3. The van der Waals surface area contributed by atoms with E-state index in [0.717, 1.165) is 0 Å². The molecule has 2 aromatic carbocycles. The van der Waals surface area contributed by atoms with Gasteiger partial charge in [-0.25, -0.2) is 4.39 Å². The van der Waals surface area contributed by atoms with Gasteiger partial charge in [0, 0.05) is 5.69 Å². The summed E-state index contributed by atoms with van der Waals surface area (Å²) >= 11 is 5.12. The van der Waals surface area contributed by atoms with Gasteiger partial charge in [0.1, 0.15) is 10.8 Å². The smallest absolute Gasteiger partial charge is 0.157 e. The molecule has 20 heavy (non-hydrogen) atoms. The van der Waals surface area contributed by atoms with Gasteiger partial charge < -0.3 is 15.5 Å². The molecule has 0 saturated heterocycles. The first-order valence-corrected chi connectivity index (χ1v) is 6.22. The van der Waals surface area contributed by atoms with E-state index < -0.39 is 0 Å². The molecular weight excluding hydrogens is 277 g/mol. The highest BCUT2D eigenvalue weighted by Crippen LogP contribution is 2.25. The predicted molar refractivity (Wildman–Crippen MR) is 81.4 cm³/mol. The minimum absolute atomic E-state index is 0.172. The summed E-state index contributed by atoms with van der Waals surface area (Å²) in [6.45, 7) is 0. The molecule has 3 N–H and O–H groups in total. The number of anilines is 1. The van der Waals surface area contributed by atoms with Crippen LogP contribution in [0, 0.1) is 5.82 Å². The Balaban J connectivity index is 2.01. The molecule has 0 bridgehead atoms. The van der Waals surface area contributed by atoms with E-state index >= 15 is 0 Å². The molecule has 3 nitrogen and oxygen atoms in total. The Bertz CT molecular complexity index is 653. The van der Waals surface area contributed by atoms with Crippen LogP contribution in [0.15, 0.2) is 48.5 Å². The van der Waals surface area contributed by atoms with Crippen LogP contribution in [0.4, 0.5) is 10.1 Å². The quantitative estimate of drug-likeness (QED) is 0.458. The van der Waals surface area contributed by atoms with Crippen molar-refractivity contribution < 1.29 is 14.6 Å². The minimum Gasteiger partial charge on any atom is -0.504 e. The number of aromatic hydroxyl groups is 2. The van der Waals surface area contributed by atoms with Crippen molar-refractivity contribution >= 4 is 29.0 Å². The fourth-order valence-corrected chi connectivity index (χ4v) is 1.72. The standard InChI is InChI=1S/C15H12FNO2S/c16-11-3-5-12(6-4-11)17-15(20)8-2-10-1-7-13(18)14(19)9-10/h1-9,18-19H,(H,17,20)/b8-2+. The Morgan fingerprint density at radius 3 is 2.40 bits per heavy atom. The lowest BCUT2D eigenvalue weighted by atomic mass is 10.2. The van der Waals surface area contributed by atoms with Crippen LogP contribution in [0.1, 0.15) is 5.56 Å². The maximum atomic E-state index is 12.7. The number of hydrogen-bond acceptors (Lipinski definition) is 3. The molecule has 0 fully saturated rings. The van der Waals surface area contributed by atoms with Crippen molar-refractivity contribution in [3.8, 4) is 11.5 Å². The predicted octanol–water partition coefficient (Wildman–Crippen LogP) is 3.69. The van der Waals surface area contributed by atoms with E-state index in [9.17, 15) is 14.6 Å². The third kappa shape index (κ3) is 3.80. The SMILES string of the molecule is Oc1ccc(/C=C/C(=S)Nc2ccc(F)cc2)cc1O. The molecule has 102 valence electrons. The van der Waals surface area contributed by atoms with E-state index in [1.54, 1.807) is 30.4 Å². The molecule has 2 aromatic rings. The summed E-state index contributed by atoms with van der Waals surface area (Å²) in [7, 11) is 0. The maximum absolute atomic E-state index is 12.7. The number of phenols is 2. The fraction of sp³-hybridized carbons (Fsp3) is 0. The topological polar surface area (TPSA) is 52.5 Å². The van der Waals surface area contributed by atoms with Gasteiger partial charge in [0.2, 0.25) is 0 Å². The summed E-state index contributed by atoms with van der Waals surface area (Å²) in [6, 6.07) is 10.3. The highest BCUT2D eigenvalue weighted by molar-refractivity contribution is 7.81. The molecule has 0 aliphatic heterocycles. The first-order valence-electron chi connectivity index (χ1n) is 5.81. The first-order chi connectivity index (χ1) is 9.54. The van der Waals surface area contributed by atoms with Crippen LogP contribution in [0.2, 0.25) is 0 Å². The van der Waals surface area contributed by atoms with E-state index in [0.29, 0.717) is 16.2 Å². The van der Waals surface area contributed by atoms with Crippen LogP contribution < -0.4 is 5.32 Å². The average molecular weight is 289 g/mol. The van der Waals surface area contributed by atoms with Crippen LogP contribution in [-0.4, -0.2) is 15.2 Å². The number of phenolic OH excluding ortho intramolecular Hbond substituents is 2. The van der Waals surface area contributed by atoms with Crippen LogP contribution >= 0.6 is 12.2 Å². The number of halogens is 1. The van der Waals surface area contributed by atoms with Gasteiger partial charge in [-0.3, -0.25) is 0 Å². The molecular formula is C15H12FNO2S. The van der Waals surface area contributed by atoms with Crippen molar-refractivity contribution in [1.29, 1.82) is 0 Å². The van der Waals surface area contributed by atoms with Crippen molar-refractivity contribution in [2.45, 2.75) is 0 Å². The van der Waals surface area contributed by atoms with Gasteiger partial charge >= 0.3 is 0 Å². The van der Waals surface area contributed by atoms with E-state index in [-0.39, 0.29) is 17.3 Å². The molecule has 0 aliphatic rings. The largest absolute Gasteiger partial charge is 0.504 e. The Labute approximate surface area is 121 Å². The summed E-state index contributed by atoms with van der Waals surface area (Å²) in [6.07, 6.45) is 3.34. The first kappa shape index (κ1) is 14.0. The second-order valence-electron chi connectivity index (χ2n) is 4.08. The molecule has 0 aromatic heterocycles. The normalized spacial score (nSPS) is 10.7. The second kappa shape index (κ2) is 6.16. The highest BCUT2D eigenvalue weighted by Gasteiger charge is 1.99. The van der Waals surface area contributed by atoms with Crippen molar-refractivity contribution in [2.24, 2.45) is 0 Å². The molecule has 0 unspecified atom stereocenters. The maximum Gasteiger partial charge on any atom is 0.157 e. The van der Waals surface area contributed by atoms with Gasteiger partial charge in [0.25, 0.3) is 0 Å². The van der Waals surface area contributed by atoms with Gasteiger partial charge in [0.05, 0.1) is 0 Å². The average Bonchev–Trinajstić information content (AvgIpc) is 2.43. The minimum atomic E-state index is -0.309. The van der Waals surface area contributed by atoms with Gasteiger partial charge in [-0.2, -0.15) is 0 Å². The third-order valence-corrected chi connectivity index (χ3v) is 2.78. The van der Waals surface area contributed by atoms with E-state index in [1.165, 1.54) is 24.3 Å². The molecule has 2 rings (SSSR count). The zero-order valence-corrected chi connectivity index (χ0v) is 11.2. The molecule has 0 spiro atoms. The number of nitrogens with one attached hydrogen (secondary N) is 1. The number of benzene rings is 2. The molecule has 5 heteroatoms. The zero-order chi connectivity index (χ0) is 14.5. The van der Waals surface area contributed by atoms with Crippen LogP contribution in [0.5, 0.6) is 11.5 Å². The Kier molecular flexibility index (Phi) is 4.32.